The van der Waals surface area contributed by atoms with Gasteiger partial charge in [0.15, 0.2) is 0 Å². The summed E-state index contributed by atoms with van der Waals surface area (Å²) >= 11 is 0. The van der Waals surface area contributed by atoms with Crippen molar-refractivity contribution in [3.63, 3.8) is 0 Å². The van der Waals surface area contributed by atoms with Crippen molar-refractivity contribution in [1.82, 2.24) is 4.90 Å². The number of likely N-dealkylation sites (N-methyl/N-ethyl adjacent to an activating group) is 1. The third kappa shape index (κ3) is 2.78. The predicted octanol–water partition coefficient (Wildman–Crippen LogP) is 1.67. The Bertz CT molecular complexity index is 552. The lowest BCUT2D eigenvalue weighted by Gasteiger charge is -2.28. The number of para-hydroxylation sites is 1. The van der Waals surface area contributed by atoms with Crippen LogP contribution in [0.1, 0.15) is 29.6 Å². The molecule has 3 rings (SSSR count). The molecule has 1 saturated heterocycles. The molecular formula is C16H20N2O3. The molecule has 1 fully saturated rings. The van der Waals surface area contributed by atoms with Gasteiger partial charge in [0, 0.05) is 20.2 Å². The van der Waals surface area contributed by atoms with E-state index in [-0.39, 0.29) is 24.5 Å². The lowest BCUT2D eigenvalue weighted by molar-refractivity contribution is -0.119. The van der Waals surface area contributed by atoms with Crippen LogP contribution in [0.3, 0.4) is 0 Å². The van der Waals surface area contributed by atoms with Crippen molar-refractivity contribution in [2.75, 3.05) is 31.6 Å². The first-order valence-corrected chi connectivity index (χ1v) is 7.43. The van der Waals surface area contributed by atoms with E-state index in [0.717, 1.165) is 25.9 Å². The third-order valence-electron chi connectivity index (χ3n) is 4.18. The van der Waals surface area contributed by atoms with Gasteiger partial charge in [-0.2, -0.15) is 0 Å². The Labute approximate surface area is 124 Å². The van der Waals surface area contributed by atoms with E-state index >= 15 is 0 Å². The first-order valence-electron chi connectivity index (χ1n) is 7.43. The van der Waals surface area contributed by atoms with Gasteiger partial charge in [0.2, 0.25) is 5.91 Å². The van der Waals surface area contributed by atoms with Crippen LogP contribution in [0.2, 0.25) is 0 Å². The second-order valence-electron chi connectivity index (χ2n) is 5.64. The molecule has 2 aliphatic rings. The molecule has 0 bridgehead atoms. The molecule has 5 nitrogen and oxygen atoms in total. The van der Waals surface area contributed by atoms with Crippen molar-refractivity contribution in [3.05, 3.63) is 29.8 Å². The maximum Gasteiger partial charge on any atom is 0.256 e. The van der Waals surface area contributed by atoms with Crippen LogP contribution in [0.15, 0.2) is 24.3 Å². The van der Waals surface area contributed by atoms with Crippen molar-refractivity contribution in [1.29, 1.82) is 0 Å². The van der Waals surface area contributed by atoms with Crippen molar-refractivity contribution in [3.8, 4) is 0 Å². The van der Waals surface area contributed by atoms with Crippen LogP contribution in [-0.4, -0.2) is 49.6 Å². The van der Waals surface area contributed by atoms with E-state index in [1.54, 1.807) is 22.9 Å². The van der Waals surface area contributed by atoms with Crippen LogP contribution in [0.5, 0.6) is 0 Å². The first kappa shape index (κ1) is 14.1. The summed E-state index contributed by atoms with van der Waals surface area (Å²) in [5.74, 6) is -0.151. The second kappa shape index (κ2) is 5.85. The summed E-state index contributed by atoms with van der Waals surface area (Å²) in [5.41, 5.74) is 1.27. The highest BCUT2D eigenvalue weighted by atomic mass is 16.5. The van der Waals surface area contributed by atoms with Crippen LogP contribution < -0.4 is 4.90 Å². The summed E-state index contributed by atoms with van der Waals surface area (Å²) < 4.78 is 5.70. The monoisotopic (exact) mass is 288 g/mol. The fraction of sp³-hybridized carbons (Fsp3) is 0.500. The highest BCUT2D eigenvalue weighted by Crippen LogP contribution is 2.25. The summed E-state index contributed by atoms with van der Waals surface area (Å²) in [5, 5.41) is 0. The normalized spacial score (nSPS) is 23.0. The van der Waals surface area contributed by atoms with Crippen molar-refractivity contribution in [2.45, 2.75) is 25.4 Å². The van der Waals surface area contributed by atoms with Crippen LogP contribution >= 0.6 is 0 Å². The van der Waals surface area contributed by atoms with Crippen LogP contribution in [0.4, 0.5) is 5.69 Å². The van der Waals surface area contributed by atoms with Crippen LogP contribution in [0.25, 0.3) is 0 Å². The molecule has 21 heavy (non-hydrogen) atoms. The van der Waals surface area contributed by atoms with Gasteiger partial charge in [0.05, 0.1) is 17.4 Å². The third-order valence-corrected chi connectivity index (χ3v) is 4.18. The van der Waals surface area contributed by atoms with Gasteiger partial charge in [-0.25, -0.2) is 0 Å². The standard InChI is InChI=1S/C16H20N2O3/c1-17-14-8-3-2-7-13(14)16(20)18(11-15(17)19)10-12-6-4-5-9-21-12/h2-3,7-8,12H,4-6,9-11H2,1H3. The van der Waals surface area contributed by atoms with E-state index in [1.165, 1.54) is 0 Å². The minimum Gasteiger partial charge on any atom is -0.376 e. The van der Waals surface area contributed by atoms with E-state index < -0.39 is 0 Å². The van der Waals surface area contributed by atoms with Crippen molar-refractivity contribution >= 4 is 17.5 Å². The van der Waals surface area contributed by atoms with Crippen LogP contribution in [-0.2, 0) is 9.53 Å². The minimum atomic E-state index is -0.0857. The topological polar surface area (TPSA) is 49.9 Å². The summed E-state index contributed by atoms with van der Waals surface area (Å²) in [6.45, 7) is 1.35. The zero-order valence-corrected chi connectivity index (χ0v) is 12.2. The molecule has 1 unspecified atom stereocenters. The van der Waals surface area contributed by atoms with E-state index in [1.807, 2.05) is 18.2 Å². The zero-order valence-electron chi connectivity index (χ0n) is 12.2. The lowest BCUT2D eigenvalue weighted by atomic mass is 10.1. The molecule has 112 valence electrons. The first-order chi connectivity index (χ1) is 10.2. The number of amides is 2. The fourth-order valence-electron chi connectivity index (χ4n) is 2.94. The maximum absolute atomic E-state index is 12.7. The number of carbonyl (C=O) groups is 2. The Hall–Kier alpha value is -1.88. The average Bonchev–Trinajstić information content (AvgIpc) is 2.61. The zero-order chi connectivity index (χ0) is 14.8. The van der Waals surface area contributed by atoms with Gasteiger partial charge in [0.1, 0.15) is 6.54 Å². The number of hydrogen-bond donors (Lipinski definition) is 0. The Morgan fingerprint density at radius 2 is 2.05 bits per heavy atom. The average molecular weight is 288 g/mol. The number of carbonyl (C=O) groups excluding carboxylic acids is 2. The molecule has 1 atom stereocenters. The molecule has 1 aromatic carbocycles. The lowest BCUT2D eigenvalue weighted by Crippen LogP contribution is -2.43. The molecule has 1 aromatic rings. The molecule has 0 aromatic heterocycles. The van der Waals surface area contributed by atoms with Gasteiger partial charge >= 0.3 is 0 Å². The number of hydrogen-bond acceptors (Lipinski definition) is 3. The number of anilines is 1. The Morgan fingerprint density at radius 1 is 1.24 bits per heavy atom. The van der Waals surface area contributed by atoms with E-state index in [4.69, 9.17) is 4.74 Å². The summed E-state index contributed by atoms with van der Waals surface area (Å²) in [4.78, 5) is 28.1. The van der Waals surface area contributed by atoms with E-state index in [2.05, 4.69) is 0 Å². The fourth-order valence-corrected chi connectivity index (χ4v) is 2.94. The highest BCUT2D eigenvalue weighted by Gasteiger charge is 2.31. The minimum absolute atomic E-state index is 0.0473. The summed E-state index contributed by atoms with van der Waals surface area (Å²) in [6.07, 6.45) is 3.20. The molecule has 0 spiro atoms. The van der Waals surface area contributed by atoms with Gasteiger partial charge in [-0.1, -0.05) is 12.1 Å². The Balaban J connectivity index is 1.85. The predicted molar refractivity (Wildman–Crippen MR) is 79.3 cm³/mol. The summed E-state index contributed by atoms with van der Waals surface area (Å²) in [6, 6.07) is 7.26. The molecule has 2 heterocycles. The molecule has 0 radical (unpaired) electrons. The van der Waals surface area contributed by atoms with Gasteiger partial charge in [0.25, 0.3) is 5.91 Å². The Kier molecular flexibility index (Phi) is 3.92. The van der Waals surface area contributed by atoms with Gasteiger partial charge < -0.3 is 14.5 Å². The number of ether oxygens (including phenoxy) is 1. The second-order valence-corrected chi connectivity index (χ2v) is 5.64. The van der Waals surface area contributed by atoms with Gasteiger partial charge in [-0.15, -0.1) is 0 Å². The number of fused-ring (bicyclic) bond motifs is 1. The maximum atomic E-state index is 12.7. The molecule has 5 heteroatoms. The van der Waals surface area contributed by atoms with E-state index in [0.29, 0.717) is 17.8 Å². The van der Waals surface area contributed by atoms with Crippen LogP contribution in [0, 0.1) is 0 Å². The molecule has 0 N–H and O–H groups in total. The highest BCUT2D eigenvalue weighted by molar-refractivity contribution is 6.09. The SMILES string of the molecule is CN1C(=O)CN(CC2CCCCO2)C(=O)c2ccccc21. The summed E-state index contributed by atoms with van der Waals surface area (Å²) in [7, 11) is 1.72. The molecular weight excluding hydrogens is 268 g/mol. The molecule has 2 amide bonds. The molecule has 2 aliphatic heterocycles. The van der Waals surface area contributed by atoms with Gasteiger partial charge in [-0.05, 0) is 31.4 Å². The molecule has 0 aliphatic carbocycles. The largest absolute Gasteiger partial charge is 0.376 e. The van der Waals surface area contributed by atoms with Crippen molar-refractivity contribution in [2.24, 2.45) is 0 Å². The van der Waals surface area contributed by atoms with Gasteiger partial charge in [-0.3, -0.25) is 9.59 Å². The Morgan fingerprint density at radius 3 is 2.81 bits per heavy atom. The quantitative estimate of drug-likeness (QED) is 0.832. The molecule has 0 saturated carbocycles. The van der Waals surface area contributed by atoms with E-state index in [9.17, 15) is 9.59 Å². The van der Waals surface area contributed by atoms with Crippen molar-refractivity contribution < 1.29 is 14.3 Å². The smallest absolute Gasteiger partial charge is 0.256 e. The number of nitrogens with zero attached hydrogens (tertiary/aromatic N) is 2. The number of benzene rings is 1. The number of rotatable bonds is 2.